The van der Waals surface area contributed by atoms with E-state index in [9.17, 15) is 35.1 Å². The lowest BCUT2D eigenvalue weighted by Crippen LogP contribution is -2.18. The van der Waals surface area contributed by atoms with Crippen molar-refractivity contribution in [2.75, 3.05) is 0 Å². The average molecular weight is 750 g/mol. The van der Waals surface area contributed by atoms with E-state index in [1.807, 2.05) is 0 Å². The van der Waals surface area contributed by atoms with Gasteiger partial charge in [-0.2, -0.15) is 0 Å². The number of oxime groups is 1. The van der Waals surface area contributed by atoms with Gasteiger partial charge in [0, 0.05) is 39.4 Å². The summed E-state index contributed by atoms with van der Waals surface area (Å²) in [4.78, 5) is 47.6. The van der Waals surface area contributed by atoms with E-state index in [0.29, 0.717) is 5.92 Å². The maximum Gasteiger partial charge on any atom is 0.347 e. The van der Waals surface area contributed by atoms with Crippen LogP contribution in [0.5, 0.6) is 0 Å². The van der Waals surface area contributed by atoms with Crippen molar-refractivity contribution in [2.24, 2.45) is 5.16 Å². The van der Waals surface area contributed by atoms with Crippen LogP contribution in [0.1, 0.15) is 42.0 Å². The minimum absolute atomic E-state index is 0.0206. The van der Waals surface area contributed by atoms with Gasteiger partial charge in [-0.15, -0.1) is 0 Å². The molecule has 0 saturated carbocycles. The van der Waals surface area contributed by atoms with Crippen molar-refractivity contribution in [3.63, 3.8) is 0 Å². The number of carboxylic acid groups (broad SMARTS) is 1. The summed E-state index contributed by atoms with van der Waals surface area (Å²) in [6.45, 7) is 3.52. The van der Waals surface area contributed by atoms with E-state index in [4.69, 9.17) is 9.94 Å². The van der Waals surface area contributed by atoms with Crippen LogP contribution in [0.2, 0.25) is 0 Å². The average Bonchev–Trinajstić information content (AvgIpc) is 3.62. The molecule has 0 saturated heterocycles. The van der Waals surface area contributed by atoms with Crippen molar-refractivity contribution in [3.8, 4) is 11.1 Å². The number of nitrogens with zero attached hydrogens (tertiary/aromatic N) is 4. The molecule has 1 N–H and O–H groups in total. The molecule has 2 atom stereocenters. The van der Waals surface area contributed by atoms with E-state index < -0.39 is 38.2 Å². The fourth-order valence-electron chi connectivity index (χ4n) is 6.97. The Hall–Kier alpha value is -6.28. The first-order valence-electron chi connectivity index (χ1n) is 15.6. The summed E-state index contributed by atoms with van der Waals surface area (Å²) in [5, 5.41) is 55.3. The Kier molecular flexibility index (Phi) is 8.18. The van der Waals surface area contributed by atoms with Crippen molar-refractivity contribution in [1.29, 1.82) is 0 Å². The van der Waals surface area contributed by atoms with Crippen LogP contribution in [0, 0.1) is 30.3 Å². The summed E-state index contributed by atoms with van der Waals surface area (Å²) in [6, 6.07) is 26.4. The summed E-state index contributed by atoms with van der Waals surface area (Å²) >= 11 is 3.15. The van der Waals surface area contributed by atoms with Gasteiger partial charge in [0.25, 0.3) is 17.1 Å². The minimum Gasteiger partial charge on any atom is -0.478 e. The van der Waals surface area contributed by atoms with E-state index in [2.05, 4.69) is 88.7 Å². The second kappa shape index (κ2) is 12.6. The van der Waals surface area contributed by atoms with Crippen LogP contribution >= 0.6 is 15.9 Å². The quantitative estimate of drug-likeness (QED) is 0.0748. The molecule has 2 aliphatic rings. The zero-order valence-corrected chi connectivity index (χ0v) is 28.4. The van der Waals surface area contributed by atoms with Crippen molar-refractivity contribution >= 4 is 77.0 Å². The number of rotatable bonds is 6. The molecule has 2 unspecified atom stereocenters. The van der Waals surface area contributed by atoms with Gasteiger partial charge in [0.15, 0.2) is 0 Å². The molecule has 0 amide bonds. The first-order chi connectivity index (χ1) is 24.3. The lowest BCUT2D eigenvalue weighted by Gasteiger charge is -2.10. The Labute approximate surface area is 296 Å². The monoisotopic (exact) mass is 748 g/mol. The van der Waals surface area contributed by atoms with Crippen LogP contribution in [0.15, 0.2) is 94.6 Å². The normalized spacial score (nSPS) is 15.3. The number of halogens is 1. The number of benzene rings is 6. The van der Waals surface area contributed by atoms with Gasteiger partial charge in [-0.1, -0.05) is 66.7 Å². The van der Waals surface area contributed by atoms with Gasteiger partial charge in [-0.05, 0) is 84.7 Å². The van der Waals surface area contributed by atoms with Crippen LogP contribution in [-0.2, 0) is 16.1 Å². The van der Waals surface area contributed by atoms with Crippen LogP contribution in [-0.4, -0.2) is 37.7 Å². The van der Waals surface area contributed by atoms with E-state index in [1.54, 1.807) is 5.56 Å². The topological polar surface area (TPSA) is 188 Å². The molecule has 0 radical (unpaired) electrons. The summed E-state index contributed by atoms with van der Waals surface area (Å²) in [6.07, 6.45) is -0.244. The number of non-ortho nitro benzene ring substituents is 2. The lowest BCUT2D eigenvalue weighted by molar-refractivity contribution is -0.393. The third kappa shape index (κ3) is 5.59. The van der Waals surface area contributed by atoms with Gasteiger partial charge in [0.1, 0.15) is 5.71 Å². The predicted molar refractivity (Wildman–Crippen MR) is 194 cm³/mol. The minimum atomic E-state index is -1.42. The summed E-state index contributed by atoms with van der Waals surface area (Å²) in [5.41, 5.74) is 1.26. The highest BCUT2D eigenvalue weighted by Crippen LogP contribution is 2.49. The second-order valence-electron chi connectivity index (χ2n) is 12.3. The molecule has 254 valence electrons. The zero-order chi connectivity index (χ0) is 36.3. The summed E-state index contributed by atoms with van der Waals surface area (Å²) in [7, 11) is 0. The molecule has 6 aromatic rings. The highest BCUT2D eigenvalue weighted by molar-refractivity contribution is 9.10. The van der Waals surface area contributed by atoms with Gasteiger partial charge in [-0.25, -0.2) is 4.79 Å². The molecule has 0 aliphatic heterocycles. The number of nitro groups is 3. The van der Waals surface area contributed by atoms with Gasteiger partial charge in [-0.3, -0.25) is 30.3 Å². The van der Waals surface area contributed by atoms with Crippen molar-refractivity contribution in [3.05, 3.63) is 142 Å². The lowest BCUT2D eigenvalue weighted by atomic mass is 9.94. The third-order valence-electron chi connectivity index (χ3n) is 9.27. The molecule has 0 aromatic heterocycles. The van der Waals surface area contributed by atoms with Crippen molar-refractivity contribution < 1.29 is 29.5 Å². The fourth-order valence-corrected chi connectivity index (χ4v) is 7.62. The summed E-state index contributed by atoms with van der Waals surface area (Å²) in [5.74, 6) is -0.719. The highest BCUT2D eigenvalue weighted by Gasteiger charge is 2.38. The summed E-state index contributed by atoms with van der Waals surface area (Å²) < 4.78 is 0.112. The molecular weight excluding hydrogens is 724 g/mol. The Bertz CT molecular complexity index is 2570. The van der Waals surface area contributed by atoms with Crippen LogP contribution in [0.25, 0.3) is 43.4 Å². The largest absolute Gasteiger partial charge is 0.478 e. The van der Waals surface area contributed by atoms with Crippen LogP contribution in [0.4, 0.5) is 17.1 Å². The number of hydrogen-bond donors (Lipinski definition) is 1. The van der Waals surface area contributed by atoms with Crippen LogP contribution in [0.3, 0.4) is 0 Å². The Morgan fingerprint density at radius 2 is 1.49 bits per heavy atom. The molecule has 14 heteroatoms. The zero-order valence-electron chi connectivity index (χ0n) is 26.8. The molecule has 8 rings (SSSR count). The maximum absolute atomic E-state index is 11.6. The number of fused-ring (bicyclic) bond motifs is 7. The van der Waals surface area contributed by atoms with E-state index in [0.717, 1.165) is 24.3 Å². The van der Waals surface area contributed by atoms with E-state index in [-0.39, 0.29) is 38.1 Å². The second-order valence-corrected chi connectivity index (χ2v) is 13.2. The number of aliphatic carboxylic acids is 1. The number of hydrogen-bond acceptors (Lipinski definition) is 9. The maximum atomic E-state index is 11.6. The molecule has 2 aliphatic carbocycles. The SMILES string of the molecule is CC(O/N=C1\c2cc([N+](=O)[O-])cc(Br)c2-c2c1cc([N+](=O)[O-])cc2[N+](=O)[O-])C(=O)O.CC1Cc2c3ccc4ccccc4c3cc3cccc1c23. The first-order valence-corrected chi connectivity index (χ1v) is 16.4. The van der Waals surface area contributed by atoms with Gasteiger partial charge < -0.3 is 9.94 Å². The molecule has 0 heterocycles. The third-order valence-corrected chi connectivity index (χ3v) is 9.90. The number of nitro benzene ring substituents is 3. The molecule has 0 spiro atoms. The number of carboxylic acids is 1. The highest BCUT2D eigenvalue weighted by atomic mass is 79.9. The smallest absolute Gasteiger partial charge is 0.347 e. The number of carbonyl (C=O) groups is 1. The molecule has 51 heavy (non-hydrogen) atoms. The van der Waals surface area contributed by atoms with E-state index >= 15 is 0 Å². The van der Waals surface area contributed by atoms with Crippen molar-refractivity contribution in [1.82, 2.24) is 0 Å². The van der Waals surface area contributed by atoms with Gasteiger partial charge in [0.05, 0.1) is 26.4 Å². The van der Waals surface area contributed by atoms with E-state index in [1.165, 1.54) is 51.2 Å². The Morgan fingerprint density at radius 3 is 2.18 bits per heavy atom. The molecular formula is C37H25BrN4O9. The first kappa shape index (κ1) is 33.2. The standard InChI is InChI=1S/C21H16.C16H9BrN4O9/c1-13-11-20-18-10-9-14-5-2-3-7-17(14)19(18)12-15-6-4-8-16(13)21(15)20;1-6(16(22)23)30-18-15-9-2-7(19(24)25)4-11(17)13(9)14-10(15)3-8(20(26)27)5-12(14)21(28)29/h2-10,12-13H,11H2,1H3;2-6H,1H3,(H,22,23)/b;18-15+. The van der Waals surface area contributed by atoms with Crippen molar-refractivity contribution in [2.45, 2.75) is 32.3 Å². The molecule has 13 nitrogen and oxygen atoms in total. The van der Waals surface area contributed by atoms with Crippen LogP contribution < -0.4 is 0 Å². The Balaban J connectivity index is 0.000000168. The molecule has 0 bridgehead atoms. The predicted octanol–water partition coefficient (Wildman–Crippen LogP) is 9.20. The fraction of sp³-hybridized carbons (Fsp3) is 0.135. The molecule has 6 aromatic carbocycles. The Morgan fingerprint density at radius 1 is 0.824 bits per heavy atom. The van der Waals surface area contributed by atoms with Gasteiger partial charge in [0.2, 0.25) is 6.10 Å². The molecule has 0 fully saturated rings. The van der Waals surface area contributed by atoms with Gasteiger partial charge >= 0.3 is 5.97 Å².